The number of rotatable bonds is 7. The second-order valence-electron chi connectivity index (χ2n) is 5.81. The van der Waals surface area contributed by atoms with Crippen molar-refractivity contribution in [1.29, 1.82) is 0 Å². The Morgan fingerprint density at radius 1 is 1.12 bits per heavy atom. The van der Waals surface area contributed by atoms with E-state index in [1.54, 1.807) is 23.2 Å². The molecule has 2 atom stereocenters. The Balaban J connectivity index is 2.19. The highest BCUT2D eigenvalue weighted by Gasteiger charge is 2.26. The maximum Gasteiger partial charge on any atom is 0.310 e. The number of thiophene rings is 1. The molecule has 1 heterocycles. The molecule has 0 aliphatic heterocycles. The number of hydrogen-bond acceptors (Lipinski definition) is 4. The topological polar surface area (TPSA) is 46.6 Å². The van der Waals surface area contributed by atoms with E-state index in [4.69, 9.17) is 4.74 Å². The number of hydrogen-bond donors (Lipinski definition) is 0. The van der Waals surface area contributed by atoms with E-state index in [2.05, 4.69) is 0 Å². The molecule has 1 amide bonds. The average Bonchev–Trinajstić information content (AvgIpc) is 3.11. The number of nitrogens with zero attached hydrogens (tertiary/aromatic N) is 1. The SMILES string of the molecule is COC(=O)C(C)CN(C(=O)Cc1cccs1)C(C)c1ccccc1. The van der Waals surface area contributed by atoms with Crippen LogP contribution in [0.25, 0.3) is 0 Å². The van der Waals surface area contributed by atoms with Crippen molar-refractivity contribution in [2.45, 2.75) is 26.3 Å². The molecule has 24 heavy (non-hydrogen) atoms. The highest BCUT2D eigenvalue weighted by Crippen LogP contribution is 2.23. The molecule has 0 aliphatic rings. The molecular weight excluding hydrogens is 322 g/mol. The van der Waals surface area contributed by atoms with Gasteiger partial charge in [0, 0.05) is 11.4 Å². The Bertz CT molecular complexity index is 655. The maximum atomic E-state index is 12.9. The largest absolute Gasteiger partial charge is 0.469 e. The Morgan fingerprint density at radius 2 is 1.83 bits per heavy atom. The summed E-state index contributed by atoms with van der Waals surface area (Å²) < 4.78 is 4.81. The molecule has 0 radical (unpaired) electrons. The van der Waals surface area contributed by atoms with Crippen LogP contribution in [-0.2, 0) is 20.7 Å². The first-order chi connectivity index (χ1) is 11.5. The summed E-state index contributed by atoms with van der Waals surface area (Å²) in [6.07, 6.45) is 0.350. The zero-order valence-corrected chi connectivity index (χ0v) is 15.1. The zero-order chi connectivity index (χ0) is 17.5. The van der Waals surface area contributed by atoms with Gasteiger partial charge in [-0.15, -0.1) is 11.3 Å². The lowest BCUT2D eigenvalue weighted by Crippen LogP contribution is -2.39. The normalized spacial score (nSPS) is 13.1. The highest BCUT2D eigenvalue weighted by molar-refractivity contribution is 7.10. The van der Waals surface area contributed by atoms with Crippen LogP contribution < -0.4 is 0 Å². The molecule has 2 rings (SSSR count). The summed E-state index contributed by atoms with van der Waals surface area (Å²) in [6.45, 7) is 4.12. The molecule has 2 unspecified atom stereocenters. The number of benzene rings is 1. The average molecular weight is 345 g/mol. The second-order valence-corrected chi connectivity index (χ2v) is 6.85. The summed E-state index contributed by atoms with van der Waals surface area (Å²) in [5, 5.41) is 1.96. The molecule has 0 aliphatic carbocycles. The van der Waals surface area contributed by atoms with Crippen molar-refractivity contribution in [3.05, 3.63) is 58.3 Å². The summed E-state index contributed by atoms with van der Waals surface area (Å²) >= 11 is 1.57. The maximum absolute atomic E-state index is 12.9. The molecule has 0 fully saturated rings. The van der Waals surface area contributed by atoms with Gasteiger partial charge in [-0.05, 0) is 23.9 Å². The summed E-state index contributed by atoms with van der Waals surface area (Å²) in [5.74, 6) is -0.651. The van der Waals surface area contributed by atoms with Crippen molar-refractivity contribution < 1.29 is 14.3 Å². The molecule has 1 aromatic heterocycles. The molecule has 2 aromatic rings. The van der Waals surface area contributed by atoms with Gasteiger partial charge in [0.2, 0.25) is 5.91 Å². The van der Waals surface area contributed by atoms with Crippen LogP contribution in [0, 0.1) is 5.92 Å². The first-order valence-electron chi connectivity index (χ1n) is 7.97. The van der Waals surface area contributed by atoms with Crippen molar-refractivity contribution in [2.75, 3.05) is 13.7 Å². The number of carbonyl (C=O) groups is 2. The number of carbonyl (C=O) groups excluding carboxylic acids is 2. The summed E-state index contributed by atoms with van der Waals surface area (Å²) in [4.78, 5) is 27.4. The first kappa shape index (κ1) is 18.2. The van der Waals surface area contributed by atoms with Gasteiger partial charge in [0.15, 0.2) is 0 Å². The Hall–Kier alpha value is -2.14. The van der Waals surface area contributed by atoms with Gasteiger partial charge in [-0.2, -0.15) is 0 Å². The predicted molar refractivity (Wildman–Crippen MR) is 95.8 cm³/mol. The predicted octanol–water partition coefficient (Wildman–Crippen LogP) is 3.69. The molecule has 5 heteroatoms. The van der Waals surface area contributed by atoms with E-state index in [0.717, 1.165) is 10.4 Å². The van der Waals surface area contributed by atoms with Crippen molar-refractivity contribution in [2.24, 2.45) is 5.92 Å². The molecule has 0 N–H and O–H groups in total. The van der Waals surface area contributed by atoms with Gasteiger partial charge in [-0.3, -0.25) is 9.59 Å². The molecule has 128 valence electrons. The first-order valence-corrected chi connectivity index (χ1v) is 8.85. The molecule has 0 spiro atoms. The summed E-state index contributed by atoms with van der Waals surface area (Å²) in [7, 11) is 1.37. The molecule has 0 saturated carbocycles. The molecule has 0 saturated heterocycles. The van der Waals surface area contributed by atoms with Gasteiger partial charge in [-0.1, -0.05) is 43.3 Å². The van der Waals surface area contributed by atoms with Crippen LogP contribution in [-0.4, -0.2) is 30.4 Å². The fourth-order valence-corrected chi connectivity index (χ4v) is 3.32. The van der Waals surface area contributed by atoms with Crippen LogP contribution in [0.2, 0.25) is 0 Å². The smallest absolute Gasteiger partial charge is 0.310 e. The van der Waals surface area contributed by atoms with Gasteiger partial charge in [0.25, 0.3) is 0 Å². The second kappa shape index (κ2) is 8.64. The van der Waals surface area contributed by atoms with Crippen LogP contribution in [0.3, 0.4) is 0 Å². The van der Waals surface area contributed by atoms with Crippen LogP contribution >= 0.6 is 11.3 Å². The van der Waals surface area contributed by atoms with E-state index in [1.165, 1.54) is 7.11 Å². The van der Waals surface area contributed by atoms with Crippen LogP contribution in [0.4, 0.5) is 0 Å². The lowest BCUT2D eigenvalue weighted by atomic mass is 10.0. The minimum Gasteiger partial charge on any atom is -0.469 e. The number of amides is 1. The van der Waals surface area contributed by atoms with Crippen LogP contribution in [0.1, 0.15) is 30.3 Å². The van der Waals surface area contributed by atoms with Crippen molar-refractivity contribution in [3.8, 4) is 0 Å². The third kappa shape index (κ3) is 4.68. The van der Waals surface area contributed by atoms with Gasteiger partial charge < -0.3 is 9.64 Å². The molecule has 4 nitrogen and oxygen atoms in total. The lowest BCUT2D eigenvalue weighted by Gasteiger charge is -2.31. The Morgan fingerprint density at radius 3 is 2.42 bits per heavy atom. The van der Waals surface area contributed by atoms with Gasteiger partial charge in [0.1, 0.15) is 0 Å². The van der Waals surface area contributed by atoms with Gasteiger partial charge >= 0.3 is 5.97 Å². The number of esters is 1. The van der Waals surface area contributed by atoms with Crippen LogP contribution in [0.5, 0.6) is 0 Å². The zero-order valence-electron chi connectivity index (χ0n) is 14.3. The summed E-state index contributed by atoms with van der Waals surface area (Å²) in [6, 6.07) is 13.6. The van der Waals surface area contributed by atoms with E-state index in [-0.39, 0.29) is 23.8 Å². The minimum absolute atomic E-state index is 0.0181. The molecule has 1 aromatic carbocycles. The molecular formula is C19H23NO3S. The van der Waals surface area contributed by atoms with Gasteiger partial charge in [0.05, 0.1) is 25.5 Å². The quantitative estimate of drug-likeness (QED) is 0.719. The van der Waals surface area contributed by atoms with Crippen molar-refractivity contribution >= 4 is 23.2 Å². The number of ether oxygens (including phenoxy) is 1. The van der Waals surface area contributed by atoms with E-state index in [1.807, 2.05) is 54.8 Å². The van der Waals surface area contributed by atoms with Crippen molar-refractivity contribution in [3.63, 3.8) is 0 Å². The fourth-order valence-electron chi connectivity index (χ4n) is 2.62. The monoisotopic (exact) mass is 345 g/mol. The lowest BCUT2D eigenvalue weighted by molar-refractivity contribution is -0.147. The van der Waals surface area contributed by atoms with E-state index >= 15 is 0 Å². The standard InChI is InChI=1S/C19H23NO3S/c1-14(19(22)23-3)13-20(15(2)16-8-5-4-6-9-16)18(21)12-17-10-7-11-24-17/h4-11,14-15H,12-13H2,1-3H3. The summed E-state index contributed by atoms with van der Waals surface area (Å²) in [5.41, 5.74) is 1.05. The minimum atomic E-state index is -0.367. The van der Waals surface area contributed by atoms with Gasteiger partial charge in [-0.25, -0.2) is 0 Å². The molecule has 0 bridgehead atoms. The Labute approximate surface area is 147 Å². The van der Waals surface area contributed by atoms with E-state index < -0.39 is 0 Å². The van der Waals surface area contributed by atoms with E-state index in [9.17, 15) is 9.59 Å². The van der Waals surface area contributed by atoms with E-state index in [0.29, 0.717) is 13.0 Å². The van der Waals surface area contributed by atoms with Crippen molar-refractivity contribution in [1.82, 2.24) is 4.90 Å². The fraction of sp³-hybridized carbons (Fsp3) is 0.368. The van der Waals surface area contributed by atoms with Crippen LogP contribution in [0.15, 0.2) is 47.8 Å². The third-order valence-electron chi connectivity index (χ3n) is 4.05. The number of methoxy groups -OCH3 is 1. The third-order valence-corrected chi connectivity index (χ3v) is 4.93. The Kier molecular flexibility index (Phi) is 6.55. The highest BCUT2D eigenvalue weighted by atomic mass is 32.1.